The van der Waals surface area contributed by atoms with Crippen LogP contribution in [0.25, 0.3) is 0 Å². The number of amides is 2. The Labute approximate surface area is 169 Å². The number of nitrogens with one attached hydrogen (secondary N) is 1. The smallest absolute Gasteiger partial charge is 0.263 e. The van der Waals surface area contributed by atoms with Gasteiger partial charge in [0.05, 0.1) is 22.3 Å². The molecule has 28 heavy (non-hydrogen) atoms. The van der Waals surface area contributed by atoms with Crippen LogP contribution in [0.1, 0.15) is 75.7 Å². The third kappa shape index (κ3) is 3.99. The van der Waals surface area contributed by atoms with Gasteiger partial charge in [0.2, 0.25) is 0 Å². The number of carbonyl (C=O) groups excluding carboxylic acids is 2. The molecule has 0 aromatic carbocycles. The molecule has 1 atom stereocenters. The predicted molar refractivity (Wildman–Crippen MR) is 110 cm³/mol. The second kappa shape index (κ2) is 8.47. The van der Waals surface area contributed by atoms with E-state index in [0.29, 0.717) is 12.1 Å². The van der Waals surface area contributed by atoms with Crippen molar-refractivity contribution in [1.29, 1.82) is 0 Å². The van der Waals surface area contributed by atoms with Gasteiger partial charge in [0.25, 0.3) is 11.8 Å². The normalized spacial score (nSPS) is 20.8. The van der Waals surface area contributed by atoms with Crippen molar-refractivity contribution in [2.45, 2.75) is 51.4 Å². The van der Waals surface area contributed by atoms with E-state index in [0.717, 1.165) is 61.5 Å². The van der Waals surface area contributed by atoms with Gasteiger partial charge >= 0.3 is 0 Å². The monoisotopic (exact) mass is 400 g/mol. The van der Waals surface area contributed by atoms with Gasteiger partial charge < -0.3 is 9.80 Å². The Kier molecular flexibility index (Phi) is 5.80. The van der Waals surface area contributed by atoms with Gasteiger partial charge in [-0.05, 0) is 49.6 Å². The first-order valence-corrected chi connectivity index (χ1v) is 11.2. The number of likely N-dealkylation sites (tertiary alicyclic amines) is 2. The number of piperidine rings is 1. The number of aromatic amines is 1. The van der Waals surface area contributed by atoms with E-state index in [1.54, 1.807) is 6.20 Å². The topological polar surface area (TPSA) is 69.3 Å². The number of aryl methyl sites for hydroxylation is 1. The van der Waals surface area contributed by atoms with Crippen LogP contribution in [-0.2, 0) is 0 Å². The molecule has 2 aliphatic heterocycles. The minimum absolute atomic E-state index is 0.0861. The van der Waals surface area contributed by atoms with Crippen LogP contribution in [0.3, 0.4) is 0 Å². The summed E-state index contributed by atoms with van der Waals surface area (Å²) in [5, 5.41) is 9.29. The fourth-order valence-corrected chi connectivity index (χ4v) is 5.18. The molecule has 0 radical (unpaired) electrons. The molecule has 2 fully saturated rings. The molecule has 0 spiro atoms. The molecule has 2 aromatic rings. The van der Waals surface area contributed by atoms with Crippen molar-refractivity contribution in [3.63, 3.8) is 0 Å². The summed E-state index contributed by atoms with van der Waals surface area (Å²) in [5.74, 6) is 0.317. The Morgan fingerprint density at radius 1 is 1.07 bits per heavy atom. The molecule has 4 heterocycles. The fourth-order valence-electron chi connectivity index (χ4n) is 4.32. The van der Waals surface area contributed by atoms with Gasteiger partial charge in [0.15, 0.2) is 0 Å². The SMILES string of the molecule is Cc1csc(C(=O)N2CCCC(c3[nH]ncc3C(=O)N3CCCCCC3)C2)c1. The lowest BCUT2D eigenvalue weighted by atomic mass is 9.92. The first kappa shape index (κ1) is 19.2. The number of hydrogen-bond donors (Lipinski definition) is 1. The molecule has 1 N–H and O–H groups in total. The predicted octanol–water partition coefficient (Wildman–Crippen LogP) is 3.82. The van der Waals surface area contributed by atoms with Crippen LogP contribution >= 0.6 is 11.3 Å². The zero-order chi connectivity index (χ0) is 19.5. The maximum atomic E-state index is 13.1. The molecule has 2 aromatic heterocycles. The maximum Gasteiger partial charge on any atom is 0.263 e. The molecule has 1 unspecified atom stereocenters. The van der Waals surface area contributed by atoms with Gasteiger partial charge in [-0.3, -0.25) is 14.7 Å². The van der Waals surface area contributed by atoms with Crippen LogP contribution in [0.5, 0.6) is 0 Å². The quantitative estimate of drug-likeness (QED) is 0.852. The molecule has 0 aliphatic carbocycles. The second-order valence-electron chi connectivity index (χ2n) is 7.98. The van der Waals surface area contributed by atoms with Crippen molar-refractivity contribution >= 4 is 23.2 Å². The molecule has 2 amide bonds. The minimum atomic E-state index is 0.0861. The van der Waals surface area contributed by atoms with Gasteiger partial charge in [-0.2, -0.15) is 5.10 Å². The van der Waals surface area contributed by atoms with Gasteiger partial charge in [-0.15, -0.1) is 11.3 Å². The molecule has 6 nitrogen and oxygen atoms in total. The number of rotatable bonds is 3. The summed E-state index contributed by atoms with van der Waals surface area (Å²) in [6.45, 7) is 5.08. The number of carbonyl (C=O) groups is 2. The Morgan fingerprint density at radius 3 is 2.54 bits per heavy atom. The maximum absolute atomic E-state index is 13.1. The van der Waals surface area contributed by atoms with Crippen molar-refractivity contribution in [1.82, 2.24) is 20.0 Å². The average molecular weight is 401 g/mol. The van der Waals surface area contributed by atoms with Crippen molar-refractivity contribution in [2.75, 3.05) is 26.2 Å². The van der Waals surface area contributed by atoms with Crippen molar-refractivity contribution in [2.24, 2.45) is 0 Å². The number of thiophene rings is 1. The third-order valence-corrected chi connectivity index (χ3v) is 6.89. The molecule has 150 valence electrons. The van der Waals surface area contributed by atoms with Crippen LogP contribution in [0.2, 0.25) is 0 Å². The Bertz CT molecular complexity index is 835. The lowest BCUT2D eigenvalue weighted by molar-refractivity contribution is 0.0709. The summed E-state index contributed by atoms with van der Waals surface area (Å²) in [4.78, 5) is 30.7. The standard InChI is InChI=1S/C21H28N4O2S/c1-15-11-18(28-14-15)21(27)25-10-6-7-16(13-25)19-17(12-22-23-19)20(26)24-8-4-2-3-5-9-24/h11-12,14,16H,2-10,13H2,1H3,(H,22,23). The van der Waals surface area contributed by atoms with E-state index in [2.05, 4.69) is 10.2 Å². The molecule has 0 bridgehead atoms. The van der Waals surface area contributed by atoms with E-state index in [9.17, 15) is 9.59 Å². The third-order valence-electron chi connectivity index (χ3n) is 5.85. The summed E-state index contributed by atoms with van der Waals surface area (Å²) in [6.07, 6.45) is 8.13. The zero-order valence-corrected chi connectivity index (χ0v) is 17.3. The van der Waals surface area contributed by atoms with Crippen LogP contribution in [0, 0.1) is 6.92 Å². The van der Waals surface area contributed by atoms with Gasteiger partial charge in [0.1, 0.15) is 0 Å². The zero-order valence-electron chi connectivity index (χ0n) is 16.4. The summed E-state index contributed by atoms with van der Waals surface area (Å²) in [5.41, 5.74) is 2.71. The Morgan fingerprint density at radius 2 is 1.82 bits per heavy atom. The molecule has 0 saturated carbocycles. The number of H-pyrrole nitrogens is 1. The summed E-state index contributed by atoms with van der Waals surface area (Å²) in [6, 6.07) is 1.96. The lowest BCUT2D eigenvalue weighted by Crippen LogP contribution is -2.39. The van der Waals surface area contributed by atoms with Crippen LogP contribution in [0.4, 0.5) is 0 Å². The van der Waals surface area contributed by atoms with E-state index in [1.165, 1.54) is 24.2 Å². The van der Waals surface area contributed by atoms with Crippen LogP contribution < -0.4 is 0 Å². The first-order valence-electron chi connectivity index (χ1n) is 10.3. The highest BCUT2D eigenvalue weighted by molar-refractivity contribution is 7.12. The highest BCUT2D eigenvalue weighted by atomic mass is 32.1. The second-order valence-corrected chi connectivity index (χ2v) is 8.89. The fraction of sp³-hybridized carbons (Fsp3) is 0.571. The molecule has 4 rings (SSSR count). The van der Waals surface area contributed by atoms with Gasteiger partial charge in [-0.25, -0.2) is 0 Å². The first-order chi connectivity index (χ1) is 13.6. The molecule has 2 aliphatic rings. The summed E-state index contributed by atoms with van der Waals surface area (Å²) >= 11 is 1.51. The Balaban J connectivity index is 1.49. The molecule has 2 saturated heterocycles. The van der Waals surface area contributed by atoms with E-state index in [1.807, 2.05) is 28.2 Å². The largest absolute Gasteiger partial charge is 0.339 e. The van der Waals surface area contributed by atoms with E-state index in [-0.39, 0.29) is 17.7 Å². The Hall–Kier alpha value is -2.15. The van der Waals surface area contributed by atoms with Gasteiger partial charge in [0, 0.05) is 32.1 Å². The lowest BCUT2D eigenvalue weighted by Gasteiger charge is -2.32. The van der Waals surface area contributed by atoms with Gasteiger partial charge in [-0.1, -0.05) is 12.8 Å². The number of nitrogens with zero attached hydrogens (tertiary/aromatic N) is 3. The average Bonchev–Trinajstić information content (AvgIpc) is 3.29. The highest BCUT2D eigenvalue weighted by Gasteiger charge is 2.31. The summed E-state index contributed by atoms with van der Waals surface area (Å²) in [7, 11) is 0. The van der Waals surface area contributed by atoms with E-state index >= 15 is 0 Å². The van der Waals surface area contributed by atoms with E-state index < -0.39 is 0 Å². The van der Waals surface area contributed by atoms with E-state index in [4.69, 9.17) is 0 Å². The molecule has 7 heteroatoms. The summed E-state index contributed by atoms with van der Waals surface area (Å²) < 4.78 is 0. The van der Waals surface area contributed by atoms with Crippen molar-refractivity contribution in [3.8, 4) is 0 Å². The minimum Gasteiger partial charge on any atom is -0.339 e. The number of hydrogen-bond acceptors (Lipinski definition) is 4. The van der Waals surface area contributed by atoms with Crippen molar-refractivity contribution < 1.29 is 9.59 Å². The van der Waals surface area contributed by atoms with Crippen LogP contribution in [-0.4, -0.2) is 58.0 Å². The van der Waals surface area contributed by atoms with Crippen LogP contribution in [0.15, 0.2) is 17.6 Å². The van der Waals surface area contributed by atoms with Crippen molar-refractivity contribution in [3.05, 3.63) is 39.3 Å². The molecular formula is C21H28N4O2S. The molecular weight excluding hydrogens is 372 g/mol. The highest BCUT2D eigenvalue weighted by Crippen LogP contribution is 2.30. The number of aromatic nitrogens is 2.